The lowest BCUT2D eigenvalue weighted by molar-refractivity contribution is 0.412. The lowest BCUT2D eigenvalue weighted by Crippen LogP contribution is -2.13. The van der Waals surface area contributed by atoms with Crippen LogP contribution in [0.3, 0.4) is 0 Å². The molecule has 2 N–H and O–H groups in total. The fourth-order valence-electron chi connectivity index (χ4n) is 1.83. The van der Waals surface area contributed by atoms with Gasteiger partial charge in [0.1, 0.15) is 5.75 Å². The number of rotatable bonds is 3. The summed E-state index contributed by atoms with van der Waals surface area (Å²) in [5.41, 5.74) is 7.08. The molecule has 20 heavy (non-hydrogen) atoms. The first kappa shape index (κ1) is 15.2. The number of hydrogen-bond acceptors (Lipinski definition) is 2. The van der Waals surface area contributed by atoms with E-state index in [-0.39, 0.29) is 5.02 Å². The molecule has 0 spiro atoms. The number of benzene rings is 2. The highest BCUT2D eigenvalue weighted by atomic mass is 79.9. The van der Waals surface area contributed by atoms with Gasteiger partial charge in [-0.2, -0.15) is 0 Å². The third kappa shape index (κ3) is 2.95. The van der Waals surface area contributed by atoms with Gasteiger partial charge in [0.15, 0.2) is 11.6 Å². The minimum absolute atomic E-state index is 0.0864. The third-order valence-corrected chi connectivity index (χ3v) is 3.86. The second-order valence-corrected chi connectivity index (χ2v) is 5.42. The average Bonchev–Trinajstić information content (AvgIpc) is 2.42. The number of halogens is 4. The monoisotopic (exact) mass is 361 g/mol. The normalized spacial score (nSPS) is 12.3. The first-order valence-corrected chi connectivity index (χ1v) is 6.84. The van der Waals surface area contributed by atoms with Crippen molar-refractivity contribution >= 4 is 27.5 Å². The van der Waals surface area contributed by atoms with Gasteiger partial charge in [0, 0.05) is 5.02 Å². The Kier molecular flexibility index (Phi) is 4.62. The van der Waals surface area contributed by atoms with Crippen molar-refractivity contribution in [3.05, 3.63) is 62.6 Å². The van der Waals surface area contributed by atoms with Crippen LogP contribution in [0.1, 0.15) is 17.2 Å². The van der Waals surface area contributed by atoms with Crippen LogP contribution in [0.4, 0.5) is 8.78 Å². The minimum Gasteiger partial charge on any atom is -0.496 e. The molecule has 1 unspecified atom stereocenters. The van der Waals surface area contributed by atoms with Crippen molar-refractivity contribution in [1.82, 2.24) is 0 Å². The molecule has 2 aromatic rings. The van der Waals surface area contributed by atoms with E-state index in [1.165, 1.54) is 0 Å². The number of ether oxygens (including phenoxy) is 1. The zero-order valence-electron chi connectivity index (χ0n) is 10.5. The van der Waals surface area contributed by atoms with Crippen LogP contribution < -0.4 is 10.5 Å². The average molecular weight is 363 g/mol. The van der Waals surface area contributed by atoms with Gasteiger partial charge < -0.3 is 10.5 Å². The van der Waals surface area contributed by atoms with Crippen molar-refractivity contribution in [2.75, 3.05) is 7.11 Å². The van der Waals surface area contributed by atoms with E-state index in [0.717, 1.165) is 12.1 Å². The van der Waals surface area contributed by atoms with E-state index in [2.05, 4.69) is 15.9 Å². The molecule has 0 bridgehead atoms. The molecule has 2 aromatic carbocycles. The van der Waals surface area contributed by atoms with Gasteiger partial charge in [-0.1, -0.05) is 17.7 Å². The largest absolute Gasteiger partial charge is 0.496 e. The molecule has 0 fully saturated rings. The highest BCUT2D eigenvalue weighted by Gasteiger charge is 2.17. The molecule has 0 aromatic heterocycles. The Balaban J connectivity index is 2.43. The lowest BCUT2D eigenvalue weighted by Gasteiger charge is -2.16. The summed E-state index contributed by atoms with van der Waals surface area (Å²) in [6.07, 6.45) is 0. The smallest absolute Gasteiger partial charge is 0.160 e. The first-order chi connectivity index (χ1) is 9.43. The molecule has 0 saturated heterocycles. The molecule has 6 heteroatoms. The van der Waals surface area contributed by atoms with Gasteiger partial charge in [0.25, 0.3) is 0 Å². The first-order valence-electron chi connectivity index (χ1n) is 5.67. The molecule has 0 radical (unpaired) electrons. The number of nitrogens with two attached hydrogens (primary N) is 1. The van der Waals surface area contributed by atoms with Crippen LogP contribution in [0, 0.1) is 11.6 Å². The summed E-state index contributed by atoms with van der Waals surface area (Å²) in [4.78, 5) is 0. The molecule has 106 valence electrons. The van der Waals surface area contributed by atoms with Crippen LogP contribution in [0.2, 0.25) is 5.02 Å². The third-order valence-electron chi connectivity index (χ3n) is 2.91. The predicted octanol–water partition coefficient (Wildman–Crippen LogP) is 4.44. The van der Waals surface area contributed by atoms with Crippen LogP contribution in [0.5, 0.6) is 5.75 Å². The van der Waals surface area contributed by atoms with E-state index in [1.807, 2.05) is 0 Å². The summed E-state index contributed by atoms with van der Waals surface area (Å²) in [5, 5.41) is 0.0864. The summed E-state index contributed by atoms with van der Waals surface area (Å²) < 4.78 is 32.2. The van der Waals surface area contributed by atoms with Crippen molar-refractivity contribution in [1.29, 1.82) is 0 Å². The Morgan fingerprint density at radius 1 is 1.20 bits per heavy atom. The van der Waals surface area contributed by atoms with Crippen LogP contribution in [0.15, 0.2) is 34.8 Å². The highest BCUT2D eigenvalue weighted by Crippen LogP contribution is 2.32. The molecule has 0 amide bonds. The summed E-state index contributed by atoms with van der Waals surface area (Å²) in [5.74, 6) is -1.33. The SMILES string of the molecule is COc1ccc(C(N)c2cc(F)c(F)cc2Cl)cc1Br. The molecule has 2 rings (SSSR count). The Morgan fingerprint density at radius 3 is 2.45 bits per heavy atom. The van der Waals surface area contributed by atoms with Crippen molar-refractivity contribution in [2.45, 2.75) is 6.04 Å². The Hall–Kier alpha value is -1.17. The van der Waals surface area contributed by atoms with Gasteiger partial charge in [-0.05, 0) is 51.3 Å². The molecule has 0 aliphatic rings. The van der Waals surface area contributed by atoms with Gasteiger partial charge in [0.2, 0.25) is 0 Å². The Labute approximate surface area is 128 Å². The standard InChI is InChI=1S/C14H11BrClF2NO/c1-20-13-3-2-7(4-9(13)15)14(19)8-5-11(17)12(18)6-10(8)16/h2-6,14H,19H2,1H3. The maximum Gasteiger partial charge on any atom is 0.160 e. The zero-order valence-corrected chi connectivity index (χ0v) is 12.8. The van der Waals surface area contributed by atoms with Crippen LogP contribution in [-0.4, -0.2) is 7.11 Å². The maximum absolute atomic E-state index is 13.3. The van der Waals surface area contributed by atoms with E-state index in [4.69, 9.17) is 22.1 Å². The van der Waals surface area contributed by atoms with Gasteiger partial charge in [-0.25, -0.2) is 8.78 Å². The van der Waals surface area contributed by atoms with Crippen molar-refractivity contribution < 1.29 is 13.5 Å². The summed E-state index contributed by atoms with van der Waals surface area (Å²) in [6.45, 7) is 0. The molecular weight excluding hydrogens is 352 g/mol. The molecule has 1 atom stereocenters. The zero-order chi connectivity index (χ0) is 14.9. The van der Waals surface area contributed by atoms with E-state index >= 15 is 0 Å². The van der Waals surface area contributed by atoms with E-state index in [1.54, 1.807) is 25.3 Å². The van der Waals surface area contributed by atoms with E-state index in [0.29, 0.717) is 21.3 Å². The Morgan fingerprint density at radius 2 is 1.85 bits per heavy atom. The fraction of sp³-hybridized carbons (Fsp3) is 0.143. The van der Waals surface area contributed by atoms with E-state index in [9.17, 15) is 8.78 Å². The number of methoxy groups -OCH3 is 1. The predicted molar refractivity (Wildman–Crippen MR) is 78.1 cm³/mol. The lowest BCUT2D eigenvalue weighted by atomic mass is 9.99. The van der Waals surface area contributed by atoms with Gasteiger partial charge in [0.05, 0.1) is 17.6 Å². The second-order valence-electron chi connectivity index (χ2n) is 4.16. The summed E-state index contributed by atoms with van der Waals surface area (Å²) in [6, 6.07) is 6.49. The molecule has 0 saturated carbocycles. The fourth-order valence-corrected chi connectivity index (χ4v) is 2.66. The maximum atomic E-state index is 13.3. The molecular formula is C14H11BrClF2NO. The highest BCUT2D eigenvalue weighted by molar-refractivity contribution is 9.10. The van der Waals surface area contributed by atoms with Gasteiger partial charge in [-0.3, -0.25) is 0 Å². The van der Waals surface area contributed by atoms with Gasteiger partial charge >= 0.3 is 0 Å². The second kappa shape index (κ2) is 6.08. The van der Waals surface area contributed by atoms with E-state index < -0.39 is 17.7 Å². The molecule has 2 nitrogen and oxygen atoms in total. The van der Waals surface area contributed by atoms with Gasteiger partial charge in [-0.15, -0.1) is 0 Å². The van der Waals surface area contributed by atoms with Crippen LogP contribution in [0.25, 0.3) is 0 Å². The summed E-state index contributed by atoms with van der Waals surface area (Å²) >= 11 is 9.27. The minimum atomic E-state index is -0.998. The molecule has 0 heterocycles. The number of hydrogen-bond donors (Lipinski definition) is 1. The Bertz CT molecular complexity index is 651. The topological polar surface area (TPSA) is 35.2 Å². The summed E-state index contributed by atoms with van der Waals surface area (Å²) in [7, 11) is 1.55. The van der Waals surface area contributed by atoms with Crippen LogP contribution >= 0.6 is 27.5 Å². The van der Waals surface area contributed by atoms with Crippen LogP contribution in [-0.2, 0) is 0 Å². The molecule has 0 aliphatic carbocycles. The van der Waals surface area contributed by atoms with Crippen molar-refractivity contribution in [2.24, 2.45) is 5.73 Å². The quantitative estimate of drug-likeness (QED) is 0.820. The van der Waals surface area contributed by atoms with Crippen molar-refractivity contribution in [3.8, 4) is 5.75 Å². The molecule has 0 aliphatic heterocycles. The van der Waals surface area contributed by atoms with Crippen molar-refractivity contribution in [3.63, 3.8) is 0 Å².